The van der Waals surface area contributed by atoms with Gasteiger partial charge in [0.15, 0.2) is 11.5 Å². The van der Waals surface area contributed by atoms with Gasteiger partial charge in [0.25, 0.3) is 0 Å². The van der Waals surface area contributed by atoms with E-state index >= 15 is 0 Å². The zero-order chi connectivity index (χ0) is 15.9. The molecule has 0 saturated carbocycles. The Hall–Kier alpha value is -2.40. The van der Waals surface area contributed by atoms with Crippen LogP contribution in [-0.4, -0.2) is 27.5 Å². The molecule has 0 aliphatic rings. The van der Waals surface area contributed by atoms with Gasteiger partial charge in [0.2, 0.25) is 0 Å². The molecule has 0 aromatic heterocycles. The van der Waals surface area contributed by atoms with Gasteiger partial charge in [-0.25, -0.2) is 0 Å². The summed E-state index contributed by atoms with van der Waals surface area (Å²) >= 11 is 5.83. The van der Waals surface area contributed by atoms with Crippen LogP contribution in [0.4, 0.5) is 5.69 Å². The summed E-state index contributed by atoms with van der Waals surface area (Å²) in [5, 5.41) is 4.86. The molecule has 0 bridgehead atoms. The lowest BCUT2D eigenvalue weighted by Crippen LogP contribution is -1.98. The van der Waals surface area contributed by atoms with Crippen molar-refractivity contribution in [2.45, 2.75) is 0 Å². The smallest absolute Gasteiger partial charge is 0.164 e. The largest absolute Gasteiger partial charge is 0.496 e. The molecule has 0 aliphatic heterocycles. The average molecular weight is 321 g/mol. The van der Waals surface area contributed by atoms with E-state index in [1.54, 1.807) is 51.8 Å². The topological polar surface area (TPSA) is 52.1 Å². The third-order valence-corrected chi connectivity index (χ3v) is 3.23. The normalized spacial score (nSPS) is 10.5. The first-order valence-electron chi connectivity index (χ1n) is 6.52. The Morgan fingerprint density at radius 2 is 1.50 bits per heavy atom. The molecule has 2 aromatic rings. The van der Waals surface area contributed by atoms with Crippen LogP contribution >= 0.6 is 11.6 Å². The van der Waals surface area contributed by atoms with Crippen molar-refractivity contribution in [3.05, 3.63) is 47.0 Å². The summed E-state index contributed by atoms with van der Waals surface area (Å²) in [5.74, 6) is 1.85. The molecular formula is C16H17ClN2O3. The molecule has 0 amide bonds. The highest BCUT2D eigenvalue weighted by Crippen LogP contribution is 2.33. The molecule has 0 unspecified atom stereocenters. The molecule has 2 rings (SSSR count). The number of hydrazone groups is 1. The Balaban J connectivity index is 2.20. The van der Waals surface area contributed by atoms with Gasteiger partial charge < -0.3 is 14.2 Å². The first-order valence-corrected chi connectivity index (χ1v) is 6.90. The number of anilines is 1. The summed E-state index contributed by atoms with van der Waals surface area (Å²) in [5.41, 5.74) is 4.52. The molecule has 0 saturated heterocycles. The van der Waals surface area contributed by atoms with E-state index in [4.69, 9.17) is 25.8 Å². The van der Waals surface area contributed by atoms with Crippen LogP contribution in [0.5, 0.6) is 17.2 Å². The first-order chi connectivity index (χ1) is 10.7. The standard InChI is InChI=1S/C16H17ClN2O3/c1-20-14-9-16(22-3)15(21-2)8-11(14)10-18-19-13-6-4-12(17)5-7-13/h4-10,19H,1-3H3/b18-10-. The van der Waals surface area contributed by atoms with Crippen molar-refractivity contribution in [3.8, 4) is 17.2 Å². The minimum absolute atomic E-state index is 0.599. The van der Waals surface area contributed by atoms with Crippen LogP contribution < -0.4 is 19.6 Å². The number of halogens is 1. The highest BCUT2D eigenvalue weighted by atomic mass is 35.5. The quantitative estimate of drug-likeness (QED) is 0.649. The van der Waals surface area contributed by atoms with Gasteiger partial charge >= 0.3 is 0 Å². The minimum atomic E-state index is 0.599. The predicted octanol–water partition coefficient (Wildman–Crippen LogP) is 3.81. The molecule has 6 heteroatoms. The van der Waals surface area contributed by atoms with Crippen LogP contribution in [0.1, 0.15) is 5.56 Å². The molecular weight excluding hydrogens is 304 g/mol. The second-order valence-corrected chi connectivity index (χ2v) is 4.76. The van der Waals surface area contributed by atoms with E-state index < -0.39 is 0 Å². The van der Waals surface area contributed by atoms with Gasteiger partial charge in [-0.3, -0.25) is 5.43 Å². The summed E-state index contributed by atoms with van der Waals surface area (Å²) in [4.78, 5) is 0. The summed E-state index contributed by atoms with van der Waals surface area (Å²) in [6.45, 7) is 0. The fourth-order valence-electron chi connectivity index (χ4n) is 1.85. The van der Waals surface area contributed by atoms with Crippen molar-refractivity contribution in [2.24, 2.45) is 5.10 Å². The number of nitrogens with zero attached hydrogens (tertiary/aromatic N) is 1. The van der Waals surface area contributed by atoms with Gasteiger partial charge in [0.05, 0.1) is 33.2 Å². The predicted molar refractivity (Wildman–Crippen MR) is 88.8 cm³/mol. The van der Waals surface area contributed by atoms with Crippen molar-refractivity contribution in [1.82, 2.24) is 0 Å². The number of methoxy groups -OCH3 is 3. The molecule has 5 nitrogen and oxygen atoms in total. The van der Waals surface area contributed by atoms with Crippen LogP contribution in [-0.2, 0) is 0 Å². The van der Waals surface area contributed by atoms with E-state index in [1.165, 1.54) is 0 Å². The van der Waals surface area contributed by atoms with Gasteiger partial charge in [-0.1, -0.05) is 11.6 Å². The lowest BCUT2D eigenvalue weighted by molar-refractivity contribution is 0.349. The van der Waals surface area contributed by atoms with E-state index in [-0.39, 0.29) is 0 Å². The number of rotatable bonds is 6. The summed E-state index contributed by atoms with van der Waals surface area (Å²) in [7, 11) is 4.75. The molecule has 0 fully saturated rings. The van der Waals surface area contributed by atoms with E-state index in [9.17, 15) is 0 Å². The molecule has 0 aliphatic carbocycles. The van der Waals surface area contributed by atoms with Gasteiger partial charge in [-0.2, -0.15) is 5.10 Å². The molecule has 0 radical (unpaired) electrons. The van der Waals surface area contributed by atoms with Gasteiger partial charge in [0.1, 0.15) is 5.75 Å². The third kappa shape index (κ3) is 3.83. The molecule has 22 heavy (non-hydrogen) atoms. The Morgan fingerprint density at radius 1 is 0.909 bits per heavy atom. The van der Waals surface area contributed by atoms with Crippen LogP contribution in [0.3, 0.4) is 0 Å². The molecule has 116 valence electrons. The van der Waals surface area contributed by atoms with Crippen molar-refractivity contribution >= 4 is 23.5 Å². The number of benzene rings is 2. The van der Waals surface area contributed by atoms with Crippen molar-refractivity contribution in [3.63, 3.8) is 0 Å². The number of nitrogens with one attached hydrogen (secondary N) is 1. The second kappa shape index (κ2) is 7.56. The summed E-state index contributed by atoms with van der Waals surface area (Å²) in [6.07, 6.45) is 1.65. The Kier molecular flexibility index (Phi) is 5.49. The fraction of sp³-hybridized carbons (Fsp3) is 0.188. The second-order valence-electron chi connectivity index (χ2n) is 4.33. The zero-order valence-corrected chi connectivity index (χ0v) is 13.3. The molecule has 0 heterocycles. The summed E-state index contributed by atoms with van der Waals surface area (Å²) < 4.78 is 15.9. The highest BCUT2D eigenvalue weighted by Gasteiger charge is 2.10. The van der Waals surface area contributed by atoms with Crippen LogP contribution in [0, 0.1) is 0 Å². The maximum Gasteiger partial charge on any atom is 0.164 e. The Labute approximate surface area is 134 Å². The van der Waals surface area contributed by atoms with E-state index in [0.717, 1.165) is 11.3 Å². The van der Waals surface area contributed by atoms with Crippen LogP contribution in [0.15, 0.2) is 41.5 Å². The molecule has 0 spiro atoms. The van der Waals surface area contributed by atoms with Gasteiger partial charge in [0, 0.05) is 16.7 Å². The van der Waals surface area contributed by atoms with Crippen LogP contribution in [0.25, 0.3) is 0 Å². The first kappa shape index (κ1) is 16.0. The molecule has 1 N–H and O–H groups in total. The van der Waals surface area contributed by atoms with Crippen LogP contribution in [0.2, 0.25) is 5.02 Å². The maximum absolute atomic E-state index is 5.83. The van der Waals surface area contributed by atoms with Gasteiger partial charge in [-0.05, 0) is 30.3 Å². The van der Waals surface area contributed by atoms with E-state index in [2.05, 4.69) is 10.5 Å². The lowest BCUT2D eigenvalue weighted by Gasteiger charge is -2.11. The number of hydrogen-bond donors (Lipinski definition) is 1. The minimum Gasteiger partial charge on any atom is -0.496 e. The fourth-order valence-corrected chi connectivity index (χ4v) is 1.98. The van der Waals surface area contributed by atoms with E-state index in [0.29, 0.717) is 22.3 Å². The van der Waals surface area contributed by atoms with Gasteiger partial charge in [-0.15, -0.1) is 0 Å². The Morgan fingerprint density at radius 3 is 2.09 bits per heavy atom. The summed E-state index contributed by atoms with van der Waals surface area (Å²) in [6, 6.07) is 10.8. The zero-order valence-electron chi connectivity index (χ0n) is 12.6. The third-order valence-electron chi connectivity index (χ3n) is 2.98. The SMILES string of the molecule is COc1cc(OC)c(OC)cc1/C=N\Nc1ccc(Cl)cc1. The lowest BCUT2D eigenvalue weighted by atomic mass is 10.2. The highest BCUT2D eigenvalue weighted by molar-refractivity contribution is 6.30. The van der Waals surface area contributed by atoms with Crippen molar-refractivity contribution in [2.75, 3.05) is 26.8 Å². The monoisotopic (exact) mass is 320 g/mol. The number of hydrogen-bond acceptors (Lipinski definition) is 5. The van der Waals surface area contributed by atoms with Crippen molar-refractivity contribution < 1.29 is 14.2 Å². The molecule has 0 atom stereocenters. The average Bonchev–Trinajstić information content (AvgIpc) is 2.56. The molecule has 2 aromatic carbocycles. The van der Waals surface area contributed by atoms with Crippen molar-refractivity contribution in [1.29, 1.82) is 0 Å². The number of ether oxygens (including phenoxy) is 3. The van der Waals surface area contributed by atoms with E-state index in [1.807, 2.05) is 12.1 Å². The Bertz CT molecular complexity index is 657. The maximum atomic E-state index is 5.83.